The third-order valence-electron chi connectivity index (χ3n) is 3.58. The van der Waals surface area contributed by atoms with Crippen LogP contribution < -0.4 is 15.4 Å². The summed E-state index contributed by atoms with van der Waals surface area (Å²) in [5.74, 6) is -1.58. The first-order valence-corrected chi connectivity index (χ1v) is 8.06. The summed E-state index contributed by atoms with van der Waals surface area (Å²) in [6.45, 7) is 2.41. The molecule has 2 aromatic rings. The second-order valence-corrected chi connectivity index (χ2v) is 5.56. The summed E-state index contributed by atoms with van der Waals surface area (Å²) in [4.78, 5) is 24.0. The minimum absolute atomic E-state index is 0.0510. The molecule has 0 spiro atoms. The topological polar surface area (TPSA) is 76.7 Å². The predicted molar refractivity (Wildman–Crippen MR) is 95.4 cm³/mol. The van der Waals surface area contributed by atoms with Gasteiger partial charge >= 0.3 is 11.8 Å². The lowest BCUT2D eigenvalue weighted by atomic mass is 10.1. The Morgan fingerprint density at radius 2 is 1.85 bits per heavy atom. The average Bonchev–Trinajstić information content (AvgIpc) is 2.64. The second kappa shape index (κ2) is 9.53. The van der Waals surface area contributed by atoms with Crippen LogP contribution >= 0.6 is 0 Å². The summed E-state index contributed by atoms with van der Waals surface area (Å²) in [5.41, 5.74) is 1.46. The molecule has 0 fully saturated rings. The molecule has 0 unspecified atom stereocenters. The standard InChI is InChI=1S/C19H21FN2O4/c1-13-7-8-14(11-15(13)20)12-21-18(23)19(24)22-16-5-3-4-6-17(16)26-10-9-25-2/h3-8,11H,9-10,12H2,1-2H3,(H,21,23)(H,22,24). The van der Waals surface area contributed by atoms with Gasteiger partial charge in [0.05, 0.1) is 12.3 Å². The van der Waals surface area contributed by atoms with Crippen LogP contribution in [-0.4, -0.2) is 32.1 Å². The molecular formula is C19H21FN2O4. The molecule has 2 rings (SSSR count). The maximum absolute atomic E-state index is 13.5. The van der Waals surface area contributed by atoms with E-state index in [2.05, 4.69) is 10.6 Å². The van der Waals surface area contributed by atoms with Crippen LogP contribution in [0.25, 0.3) is 0 Å². The molecule has 0 bridgehead atoms. The Morgan fingerprint density at radius 3 is 2.58 bits per heavy atom. The molecule has 0 saturated heterocycles. The van der Waals surface area contributed by atoms with Crippen molar-refractivity contribution in [2.45, 2.75) is 13.5 Å². The van der Waals surface area contributed by atoms with Gasteiger partial charge in [-0.1, -0.05) is 24.3 Å². The van der Waals surface area contributed by atoms with E-state index in [1.54, 1.807) is 50.4 Å². The molecule has 2 amide bonds. The van der Waals surface area contributed by atoms with Crippen LogP contribution in [0.15, 0.2) is 42.5 Å². The third-order valence-corrected chi connectivity index (χ3v) is 3.58. The SMILES string of the molecule is COCCOc1ccccc1NC(=O)C(=O)NCc1ccc(C)c(F)c1. The van der Waals surface area contributed by atoms with E-state index in [9.17, 15) is 14.0 Å². The van der Waals surface area contributed by atoms with Crippen molar-refractivity contribution in [1.29, 1.82) is 0 Å². The first-order chi connectivity index (χ1) is 12.5. The Labute approximate surface area is 151 Å². The van der Waals surface area contributed by atoms with Crippen LogP contribution in [0, 0.1) is 12.7 Å². The molecule has 0 aliphatic heterocycles. The lowest BCUT2D eigenvalue weighted by Crippen LogP contribution is -2.35. The van der Waals surface area contributed by atoms with E-state index in [0.29, 0.717) is 35.8 Å². The van der Waals surface area contributed by atoms with Crippen molar-refractivity contribution in [2.75, 3.05) is 25.6 Å². The van der Waals surface area contributed by atoms with Crippen molar-refractivity contribution in [3.8, 4) is 5.75 Å². The van der Waals surface area contributed by atoms with Gasteiger partial charge in [0.1, 0.15) is 18.2 Å². The molecule has 0 saturated carbocycles. The Bertz CT molecular complexity index is 780. The number of rotatable bonds is 7. The van der Waals surface area contributed by atoms with Gasteiger partial charge in [0.15, 0.2) is 0 Å². The van der Waals surface area contributed by atoms with E-state index >= 15 is 0 Å². The van der Waals surface area contributed by atoms with Crippen LogP contribution in [0.2, 0.25) is 0 Å². The highest BCUT2D eigenvalue weighted by Gasteiger charge is 2.15. The maximum atomic E-state index is 13.5. The van der Waals surface area contributed by atoms with Gasteiger partial charge in [-0.15, -0.1) is 0 Å². The minimum Gasteiger partial charge on any atom is -0.489 e. The first-order valence-electron chi connectivity index (χ1n) is 8.06. The Balaban J connectivity index is 1.92. The van der Waals surface area contributed by atoms with Gasteiger partial charge in [0.2, 0.25) is 0 Å². The lowest BCUT2D eigenvalue weighted by molar-refractivity contribution is -0.136. The molecule has 0 aliphatic rings. The van der Waals surface area contributed by atoms with Gasteiger partial charge in [-0.05, 0) is 36.2 Å². The molecule has 0 heterocycles. The first kappa shape index (κ1) is 19.4. The zero-order valence-corrected chi connectivity index (χ0v) is 14.7. The number of ether oxygens (including phenoxy) is 2. The summed E-state index contributed by atoms with van der Waals surface area (Å²) >= 11 is 0. The Morgan fingerprint density at radius 1 is 1.08 bits per heavy atom. The molecule has 7 heteroatoms. The maximum Gasteiger partial charge on any atom is 0.313 e. The number of hydrogen-bond donors (Lipinski definition) is 2. The van der Waals surface area contributed by atoms with Gasteiger partial charge < -0.3 is 20.1 Å². The number of para-hydroxylation sites is 2. The van der Waals surface area contributed by atoms with Gasteiger partial charge in [0, 0.05) is 13.7 Å². The summed E-state index contributed by atoms with van der Waals surface area (Å²) in [6, 6.07) is 11.4. The van der Waals surface area contributed by atoms with Crippen LogP contribution in [0.1, 0.15) is 11.1 Å². The molecular weight excluding hydrogens is 339 g/mol. The number of carbonyl (C=O) groups is 2. The van der Waals surface area contributed by atoms with E-state index < -0.39 is 11.8 Å². The van der Waals surface area contributed by atoms with Gasteiger partial charge in [-0.25, -0.2) is 4.39 Å². The molecule has 2 N–H and O–H groups in total. The van der Waals surface area contributed by atoms with Crippen molar-refractivity contribution in [3.63, 3.8) is 0 Å². The monoisotopic (exact) mass is 360 g/mol. The number of nitrogens with one attached hydrogen (secondary N) is 2. The zero-order chi connectivity index (χ0) is 18.9. The van der Waals surface area contributed by atoms with Crippen LogP contribution in [0.5, 0.6) is 5.75 Å². The lowest BCUT2D eigenvalue weighted by Gasteiger charge is -2.12. The highest BCUT2D eigenvalue weighted by molar-refractivity contribution is 6.39. The highest BCUT2D eigenvalue weighted by Crippen LogP contribution is 2.23. The van der Waals surface area contributed by atoms with Gasteiger partial charge in [0.25, 0.3) is 0 Å². The van der Waals surface area contributed by atoms with Gasteiger partial charge in [-0.3, -0.25) is 9.59 Å². The van der Waals surface area contributed by atoms with Crippen molar-refractivity contribution >= 4 is 17.5 Å². The van der Waals surface area contributed by atoms with Crippen LogP contribution in [0.4, 0.5) is 10.1 Å². The fourth-order valence-electron chi connectivity index (χ4n) is 2.12. The number of halogens is 1. The molecule has 0 aliphatic carbocycles. The Kier molecular flexibility index (Phi) is 7.11. The molecule has 2 aromatic carbocycles. The fraction of sp³-hybridized carbons (Fsp3) is 0.263. The van der Waals surface area contributed by atoms with E-state index in [-0.39, 0.29) is 12.4 Å². The van der Waals surface area contributed by atoms with E-state index in [1.807, 2.05) is 0 Å². The van der Waals surface area contributed by atoms with Crippen LogP contribution in [-0.2, 0) is 20.9 Å². The largest absolute Gasteiger partial charge is 0.489 e. The quantitative estimate of drug-likeness (QED) is 0.587. The predicted octanol–water partition coefficient (Wildman–Crippen LogP) is 2.41. The molecule has 26 heavy (non-hydrogen) atoms. The minimum atomic E-state index is -0.833. The van der Waals surface area contributed by atoms with E-state index in [0.717, 1.165) is 0 Å². The fourth-order valence-corrected chi connectivity index (χ4v) is 2.12. The van der Waals surface area contributed by atoms with E-state index in [1.165, 1.54) is 6.07 Å². The number of aryl methyl sites for hydroxylation is 1. The number of carbonyl (C=O) groups excluding carboxylic acids is 2. The average molecular weight is 360 g/mol. The number of anilines is 1. The van der Waals surface area contributed by atoms with Crippen LogP contribution in [0.3, 0.4) is 0 Å². The second-order valence-electron chi connectivity index (χ2n) is 5.56. The van der Waals surface area contributed by atoms with E-state index in [4.69, 9.17) is 9.47 Å². The molecule has 6 nitrogen and oxygen atoms in total. The van der Waals surface area contributed by atoms with Crippen molar-refractivity contribution in [1.82, 2.24) is 5.32 Å². The highest BCUT2D eigenvalue weighted by atomic mass is 19.1. The van der Waals surface area contributed by atoms with Crippen molar-refractivity contribution in [2.24, 2.45) is 0 Å². The van der Waals surface area contributed by atoms with Gasteiger partial charge in [-0.2, -0.15) is 0 Å². The summed E-state index contributed by atoms with van der Waals surface area (Å²) in [7, 11) is 1.56. The number of hydrogen-bond acceptors (Lipinski definition) is 4. The molecule has 0 radical (unpaired) electrons. The summed E-state index contributed by atoms with van der Waals surface area (Å²) in [6.07, 6.45) is 0. The Hall–Kier alpha value is -2.93. The normalized spacial score (nSPS) is 10.3. The third kappa shape index (κ3) is 5.56. The molecule has 138 valence electrons. The number of methoxy groups -OCH3 is 1. The summed E-state index contributed by atoms with van der Waals surface area (Å²) < 4.78 is 23.9. The zero-order valence-electron chi connectivity index (χ0n) is 14.7. The van der Waals surface area contributed by atoms with Crippen molar-refractivity contribution in [3.05, 3.63) is 59.4 Å². The van der Waals surface area contributed by atoms with Crippen molar-refractivity contribution < 1.29 is 23.5 Å². The molecule has 0 atom stereocenters. The molecule has 0 aromatic heterocycles. The summed E-state index contributed by atoms with van der Waals surface area (Å²) in [5, 5.41) is 4.96. The smallest absolute Gasteiger partial charge is 0.313 e. The number of amides is 2. The number of benzene rings is 2.